The Morgan fingerprint density at radius 2 is 0.436 bits per heavy atom. The van der Waals surface area contributed by atoms with Crippen LogP contribution >= 0.6 is 0 Å². The molecule has 0 fully saturated rings. The molecule has 0 saturated heterocycles. The molecule has 2 radical (unpaired) electrons. The van der Waals surface area contributed by atoms with Crippen LogP contribution in [0.1, 0.15) is 45.7 Å². The molecule has 2 N–H and O–H groups in total. The van der Waals surface area contributed by atoms with Gasteiger partial charge in [-0.1, -0.05) is 146 Å². The number of aryl methyl sites for hydroxylation is 2. The summed E-state index contributed by atoms with van der Waals surface area (Å²) in [6.07, 6.45) is 14.4. The van der Waals surface area contributed by atoms with Crippen LogP contribution in [0.5, 0.6) is 0 Å². The number of aromatic carboxylic acids is 2. The molecule has 8 aromatic heterocycles. The zero-order valence-electron chi connectivity index (χ0n) is 50.4. The van der Waals surface area contributed by atoms with E-state index < -0.39 is 32.4 Å². The fourth-order valence-electron chi connectivity index (χ4n) is 8.32. The van der Waals surface area contributed by atoms with Gasteiger partial charge in [0.15, 0.2) is 0 Å². The molecular formula is C68H58Cl2Mn2N8O14. The quantitative estimate of drug-likeness (QED) is 0.185. The van der Waals surface area contributed by atoms with Crippen molar-refractivity contribution in [3.8, 4) is 0 Å². The molecule has 0 spiro atoms. The average molecular weight is 1390 g/mol. The van der Waals surface area contributed by atoms with Crippen molar-refractivity contribution in [2.75, 3.05) is 13.2 Å². The van der Waals surface area contributed by atoms with Gasteiger partial charge in [0.25, 0.3) is 0 Å². The fourth-order valence-corrected chi connectivity index (χ4v) is 8.32. The average Bonchev–Trinajstić information content (AvgIpc) is 0.898. The number of aliphatic hydroxyl groups excluding tert-OH is 2. The number of hydrogen-bond acceptors (Lipinski definition) is 22. The Morgan fingerprint density at radius 1 is 0.298 bits per heavy atom. The van der Waals surface area contributed by atoms with Crippen LogP contribution in [0.3, 0.4) is 0 Å². The van der Waals surface area contributed by atoms with Gasteiger partial charge in [-0.05, 0) is 87.4 Å². The third-order valence-corrected chi connectivity index (χ3v) is 12.1. The van der Waals surface area contributed by atoms with Gasteiger partial charge in [-0.3, -0.25) is 39.9 Å². The van der Waals surface area contributed by atoms with Gasteiger partial charge in [-0.25, -0.2) is 37.3 Å². The summed E-state index contributed by atoms with van der Waals surface area (Å²) in [7, 11) is -9.89. The monoisotopic (exact) mass is 1390 g/mol. The molecule has 0 aliphatic carbocycles. The maximum absolute atomic E-state index is 10.3. The number of benzene rings is 6. The van der Waals surface area contributed by atoms with Crippen LogP contribution < -0.4 is 47.5 Å². The van der Waals surface area contributed by atoms with Gasteiger partial charge in [0, 0.05) is 117 Å². The third kappa shape index (κ3) is 26.4. The minimum atomic E-state index is -4.94. The number of aromatic nitrogens is 8. The number of nitrogens with zero attached hydrogens (tertiary/aromatic N) is 8. The molecule has 26 heteroatoms. The minimum absolute atomic E-state index is 0. The van der Waals surface area contributed by atoms with Gasteiger partial charge in [0.2, 0.25) is 0 Å². The van der Waals surface area contributed by atoms with Crippen LogP contribution in [-0.2, 0) is 34.1 Å². The number of carbonyl (C=O) groups excluding carboxylic acids is 2. The Labute approximate surface area is 564 Å². The molecule has 0 unspecified atom stereocenters. The number of carbonyl (C=O) groups is 2. The number of aliphatic hydroxyl groups is 2. The van der Waals surface area contributed by atoms with E-state index in [1.165, 1.54) is 12.1 Å². The van der Waals surface area contributed by atoms with Crippen molar-refractivity contribution in [2.45, 2.75) is 27.7 Å². The maximum Gasteiger partial charge on any atom is 2.00 e. The van der Waals surface area contributed by atoms with E-state index in [-0.39, 0.29) is 58.5 Å². The summed E-state index contributed by atoms with van der Waals surface area (Å²) in [6.45, 7) is 7.34. The van der Waals surface area contributed by atoms with Gasteiger partial charge < -0.3 is 30.0 Å². The number of carboxylic acid groups (broad SMARTS) is 2. The van der Waals surface area contributed by atoms with Crippen LogP contribution in [0.4, 0.5) is 0 Å². The molecule has 14 aromatic rings. The van der Waals surface area contributed by atoms with E-state index in [1.807, 2.05) is 48.5 Å². The van der Waals surface area contributed by atoms with E-state index in [0.717, 1.165) is 98.4 Å². The van der Waals surface area contributed by atoms with E-state index in [0.29, 0.717) is 0 Å². The molecule has 22 nitrogen and oxygen atoms in total. The van der Waals surface area contributed by atoms with Crippen molar-refractivity contribution in [1.82, 2.24) is 39.9 Å². The SMILES string of the molecule is CCO.CCO.Cc1ccccc1C(=O)[O-].Cc1ccccc1C(=O)[O-].[Mn+2].[Mn+2].[O-][Cl+3]([O-])([O-])[O-].[O-][Cl+3]([O-])([O-])[O-].c1cnc2c(c1)ccc1cccnc12.c1cnc2c(c1)ccc1cccnc12.c1cnc2c(c1)ccc1cccnc12.c1cnc2c(c1)ccc1cccnc12. The molecule has 14 rings (SSSR count). The largest absolute Gasteiger partial charge is 2.00 e. The smallest absolute Gasteiger partial charge is 0.545 e. The summed E-state index contributed by atoms with van der Waals surface area (Å²) >= 11 is 0. The number of rotatable bonds is 2. The summed E-state index contributed by atoms with van der Waals surface area (Å²) in [5.41, 5.74) is 9.83. The van der Waals surface area contributed by atoms with Crippen LogP contribution in [-0.4, -0.2) is 75.2 Å². The Morgan fingerprint density at radius 3 is 0.553 bits per heavy atom. The topological polar surface area (TPSA) is 408 Å². The van der Waals surface area contributed by atoms with Crippen LogP contribution in [0, 0.1) is 34.3 Å². The van der Waals surface area contributed by atoms with Crippen LogP contribution in [0.2, 0.25) is 0 Å². The predicted octanol–water partition coefficient (Wildman–Crippen LogP) is 2.33. The van der Waals surface area contributed by atoms with E-state index in [2.05, 4.69) is 137 Å². The molecule has 0 aliphatic heterocycles. The number of carboxylic acids is 2. The number of hydrogen-bond donors (Lipinski definition) is 2. The first-order valence-corrected chi connectivity index (χ1v) is 29.9. The number of fused-ring (bicyclic) bond motifs is 12. The van der Waals surface area contributed by atoms with Gasteiger partial charge >= 0.3 is 34.1 Å². The summed E-state index contributed by atoms with van der Waals surface area (Å²) < 4.78 is 67.9. The second-order valence-corrected chi connectivity index (χ2v) is 20.0. The normalized spacial score (nSPS) is 10.1. The molecule has 0 bridgehead atoms. The van der Waals surface area contributed by atoms with Gasteiger partial charge in [-0.15, -0.1) is 20.5 Å². The molecule has 0 atom stereocenters. The second kappa shape index (κ2) is 40.7. The summed E-state index contributed by atoms with van der Waals surface area (Å²) in [5, 5.41) is 44.9. The van der Waals surface area contributed by atoms with E-state index in [4.69, 9.17) is 47.5 Å². The molecule has 0 aliphatic rings. The summed E-state index contributed by atoms with van der Waals surface area (Å²) in [4.78, 5) is 55.4. The Kier molecular flexibility index (Phi) is 34.2. The number of halogens is 2. The maximum atomic E-state index is 10.3. The zero-order chi connectivity index (χ0) is 67.1. The Hall–Kier alpha value is -9.24. The summed E-state index contributed by atoms with van der Waals surface area (Å²) in [5.74, 6) is -2.23. The molecule has 0 amide bonds. The molecule has 6 aromatic carbocycles. The van der Waals surface area contributed by atoms with E-state index in [9.17, 15) is 19.8 Å². The van der Waals surface area contributed by atoms with Crippen molar-refractivity contribution in [1.29, 1.82) is 0 Å². The first kappa shape index (κ1) is 79.0. The minimum Gasteiger partial charge on any atom is -0.545 e. The van der Waals surface area contributed by atoms with E-state index in [1.54, 1.807) is 114 Å². The van der Waals surface area contributed by atoms with Gasteiger partial charge in [-0.2, -0.15) is 0 Å². The number of pyridine rings is 8. The van der Waals surface area contributed by atoms with Crippen molar-refractivity contribution < 1.29 is 122 Å². The molecular weight excluding hydrogens is 1330 g/mol. The van der Waals surface area contributed by atoms with Crippen molar-refractivity contribution >= 4 is 99.2 Å². The Balaban J connectivity index is 0.000000281. The van der Waals surface area contributed by atoms with Crippen LogP contribution in [0.15, 0.2) is 244 Å². The predicted molar refractivity (Wildman–Crippen MR) is 325 cm³/mol. The van der Waals surface area contributed by atoms with Crippen molar-refractivity contribution in [2.24, 2.45) is 0 Å². The van der Waals surface area contributed by atoms with Gasteiger partial charge in [0.05, 0.1) is 56.1 Å². The second-order valence-electron chi connectivity index (χ2n) is 18.5. The fraction of sp³-hybridized carbons (Fsp3) is 0.0882. The van der Waals surface area contributed by atoms with E-state index >= 15 is 0 Å². The van der Waals surface area contributed by atoms with Crippen LogP contribution in [0.25, 0.3) is 87.2 Å². The van der Waals surface area contributed by atoms with Gasteiger partial charge in [0.1, 0.15) is 0 Å². The first-order valence-electron chi connectivity index (χ1n) is 27.4. The molecule has 8 heterocycles. The summed E-state index contributed by atoms with van der Waals surface area (Å²) in [6, 6.07) is 62.0. The molecule has 482 valence electrons. The Bertz CT molecular complexity index is 3890. The first-order chi connectivity index (χ1) is 44.1. The van der Waals surface area contributed by atoms with Crippen molar-refractivity contribution in [3.05, 3.63) is 266 Å². The standard InChI is InChI=1S/4C12H8N2.2C8H8O2.2C2H6O.2ClHO4.2Mn/c4*1-3-9-5-6-10-4-2-8-14-12(10)11(9)13-7-1;2*1-6-4-2-3-5-7(6)8(9)10;2*1-2-3;2*2-1(3,4)5;;/h4*1-8H;2*2-5H,1H3,(H,9,10);2*3H,2H2,1H3;2*(H,2,3,4,5);;/q;;;;;;;;;;2*+2/p-4. The van der Waals surface area contributed by atoms with Crippen molar-refractivity contribution in [3.63, 3.8) is 0 Å². The molecule has 0 saturated carbocycles. The molecule has 94 heavy (non-hydrogen) atoms. The third-order valence-electron chi connectivity index (χ3n) is 12.1. The zero-order valence-corrected chi connectivity index (χ0v) is 54.3.